The van der Waals surface area contributed by atoms with Crippen LogP contribution in [0.3, 0.4) is 0 Å². The van der Waals surface area contributed by atoms with Gasteiger partial charge in [-0.1, -0.05) is 0 Å². The predicted octanol–water partition coefficient (Wildman–Crippen LogP) is 3.32. The van der Waals surface area contributed by atoms with Crippen LogP contribution in [0.4, 0.5) is 0 Å². The Morgan fingerprint density at radius 1 is 1.30 bits per heavy atom. The van der Waals surface area contributed by atoms with Gasteiger partial charge < -0.3 is 4.90 Å². The van der Waals surface area contributed by atoms with Crippen molar-refractivity contribution in [2.75, 3.05) is 6.54 Å². The maximum absolute atomic E-state index is 12.5. The highest BCUT2D eigenvalue weighted by Crippen LogP contribution is 2.57. The Morgan fingerprint density at radius 2 is 1.80 bits per heavy atom. The molecular weight excluding hydrogens is 272 g/mol. The molecule has 4 bridgehead atoms. The molecule has 110 valence electrons. The van der Waals surface area contributed by atoms with E-state index in [9.17, 15) is 4.79 Å². The van der Waals surface area contributed by atoms with Crippen LogP contribution in [-0.4, -0.2) is 28.3 Å². The lowest BCUT2D eigenvalue weighted by Gasteiger charge is -2.60. The number of rotatable bonds is 4. The van der Waals surface area contributed by atoms with Gasteiger partial charge in [0.25, 0.3) is 0 Å². The van der Waals surface area contributed by atoms with Crippen molar-refractivity contribution in [3.8, 4) is 6.07 Å². The van der Waals surface area contributed by atoms with Crippen LogP contribution in [0, 0.1) is 29.1 Å². The number of halogens is 1. The van der Waals surface area contributed by atoms with Crippen LogP contribution in [0.5, 0.6) is 0 Å². The molecule has 4 fully saturated rings. The lowest BCUT2D eigenvalue weighted by atomic mass is 9.52. The minimum atomic E-state index is -0.485. The predicted molar refractivity (Wildman–Crippen MR) is 78.2 cm³/mol. The van der Waals surface area contributed by atoms with E-state index in [0.29, 0.717) is 13.0 Å². The summed E-state index contributed by atoms with van der Waals surface area (Å²) in [5.41, 5.74) is 0.0197. The second kappa shape index (κ2) is 5.22. The molecule has 4 saturated carbocycles. The van der Waals surface area contributed by atoms with E-state index in [4.69, 9.17) is 16.9 Å². The molecule has 4 heteroatoms. The summed E-state index contributed by atoms with van der Waals surface area (Å²) in [6.07, 6.45) is 7.90. The molecule has 1 amide bonds. The first-order chi connectivity index (χ1) is 9.54. The Balaban J connectivity index is 1.86. The van der Waals surface area contributed by atoms with Gasteiger partial charge in [-0.05, 0) is 63.2 Å². The average molecular weight is 295 g/mol. The third kappa shape index (κ3) is 2.33. The monoisotopic (exact) mass is 294 g/mol. The van der Waals surface area contributed by atoms with E-state index < -0.39 is 5.38 Å². The highest BCUT2D eigenvalue weighted by Gasteiger charge is 2.54. The van der Waals surface area contributed by atoms with E-state index >= 15 is 0 Å². The summed E-state index contributed by atoms with van der Waals surface area (Å²) < 4.78 is 0. The van der Waals surface area contributed by atoms with E-state index in [1.54, 1.807) is 6.92 Å². The lowest BCUT2D eigenvalue weighted by Crippen LogP contribution is -2.62. The van der Waals surface area contributed by atoms with Gasteiger partial charge in [-0.2, -0.15) is 5.26 Å². The van der Waals surface area contributed by atoms with Gasteiger partial charge >= 0.3 is 0 Å². The molecular formula is C16H23ClN2O. The zero-order valence-electron chi connectivity index (χ0n) is 12.1. The third-order valence-electron chi connectivity index (χ3n) is 5.63. The molecule has 0 aromatic heterocycles. The first-order valence-electron chi connectivity index (χ1n) is 7.86. The van der Waals surface area contributed by atoms with Crippen LogP contribution in [0.25, 0.3) is 0 Å². The Hall–Kier alpha value is -0.750. The smallest absolute Gasteiger partial charge is 0.240 e. The molecule has 1 atom stereocenters. The molecule has 3 nitrogen and oxygen atoms in total. The van der Waals surface area contributed by atoms with Gasteiger partial charge in [-0.15, -0.1) is 11.6 Å². The van der Waals surface area contributed by atoms with Gasteiger partial charge in [0, 0.05) is 12.1 Å². The fourth-order valence-electron chi connectivity index (χ4n) is 5.35. The summed E-state index contributed by atoms with van der Waals surface area (Å²) in [5, 5.41) is 8.41. The van der Waals surface area contributed by atoms with E-state index in [-0.39, 0.29) is 11.4 Å². The molecule has 0 aromatic rings. The molecule has 0 radical (unpaired) electrons. The first-order valence-corrected chi connectivity index (χ1v) is 8.30. The molecule has 0 aromatic carbocycles. The summed E-state index contributed by atoms with van der Waals surface area (Å²) >= 11 is 6.07. The molecule has 0 N–H and O–H groups in total. The van der Waals surface area contributed by atoms with Crippen LogP contribution < -0.4 is 0 Å². The van der Waals surface area contributed by atoms with Crippen molar-refractivity contribution in [1.82, 2.24) is 4.90 Å². The van der Waals surface area contributed by atoms with Crippen LogP contribution >= 0.6 is 11.6 Å². The molecule has 0 heterocycles. The summed E-state index contributed by atoms with van der Waals surface area (Å²) in [5.74, 6) is 2.42. The number of nitrogens with zero attached hydrogens (tertiary/aromatic N) is 2. The Labute approximate surface area is 126 Å². The van der Waals surface area contributed by atoms with Crippen molar-refractivity contribution in [2.45, 2.75) is 62.8 Å². The van der Waals surface area contributed by atoms with Gasteiger partial charge in [0.2, 0.25) is 5.91 Å². The molecule has 4 aliphatic rings. The maximum atomic E-state index is 12.5. The van der Waals surface area contributed by atoms with Gasteiger partial charge in [-0.3, -0.25) is 4.79 Å². The maximum Gasteiger partial charge on any atom is 0.240 e. The van der Waals surface area contributed by atoms with Crippen molar-refractivity contribution >= 4 is 17.5 Å². The van der Waals surface area contributed by atoms with Crippen molar-refractivity contribution in [3.63, 3.8) is 0 Å². The third-order valence-corrected chi connectivity index (χ3v) is 5.82. The standard InChI is InChI=1S/C16H23ClN2O/c1-11(17)15(20)19(4-2-3-18)16-8-12-5-13(9-16)7-14(6-12)10-16/h11-14H,2,4-10H2,1H3. The number of hydrogen-bond donors (Lipinski definition) is 0. The van der Waals surface area contributed by atoms with Crippen molar-refractivity contribution in [3.05, 3.63) is 0 Å². The SMILES string of the molecule is CC(Cl)C(=O)N(CCC#N)C12CC3CC(CC(C3)C1)C2. The fraction of sp³-hybridized carbons (Fsp3) is 0.875. The zero-order chi connectivity index (χ0) is 14.3. The summed E-state index contributed by atoms with van der Waals surface area (Å²) in [7, 11) is 0. The Kier molecular flexibility index (Phi) is 3.71. The Bertz CT molecular complexity index is 405. The number of amides is 1. The molecule has 4 aliphatic carbocycles. The number of carbonyl (C=O) groups excluding carboxylic acids is 1. The van der Waals surface area contributed by atoms with Gasteiger partial charge in [0.15, 0.2) is 0 Å². The largest absolute Gasteiger partial charge is 0.335 e. The highest BCUT2D eigenvalue weighted by molar-refractivity contribution is 6.30. The molecule has 20 heavy (non-hydrogen) atoms. The molecule has 0 saturated heterocycles. The van der Waals surface area contributed by atoms with Crippen molar-refractivity contribution < 1.29 is 4.79 Å². The molecule has 0 spiro atoms. The topological polar surface area (TPSA) is 44.1 Å². The fourth-order valence-corrected chi connectivity index (χ4v) is 5.47. The van der Waals surface area contributed by atoms with Crippen LogP contribution in [0.2, 0.25) is 0 Å². The molecule has 1 unspecified atom stereocenters. The average Bonchev–Trinajstić information content (AvgIpc) is 2.36. The minimum absolute atomic E-state index is 0.0197. The van der Waals surface area contributed by atoms with Crippen molar-refractivity contribution in [2.24, 2.45) is 17.8 Å². The minimum Gasteiger partial charge on any atom is -0.335 e. The van der Waals surface area contributed by atoms with Crippen LogP contribution in [0.15, 0.2) is 0 Å². The normalized spacial score (nSPS) is 39.4. The summed E-state index contributed by atoms with van der Waals surface area (Å²) in [4.78, 5) is 14.5. The zero-order valence-corrected chi connectivity index (χ0v) is 12.9. The quantitative estimate of drug-likeness (QED) is 0.747. The van der Waals surface area contributed by atoms with Crippen LogP contribution in [-0.2, 0) is 4.79 Å². The number of alkyl halides is 1. The lowest BCUT2D eigenvalue weighted by molar-refractivity contribution is -0.150. The highest BCUT2D eigenvalue weighted by atomic mass is 35.5. The van der Waals surface area contributed by atoms with Gasteiger partial charge in [0.05, 0.1) is 12.5 Å². The van der Waals surface area contributed by atoms with Crippen molar-refractivity contribution in [1.29, 1.82) is 5.26 Å². The second-order valence-corrected chi connectivity index (χ2v) is 7.81. The molecule has 4 rings (SSSR count). The number of nitriles is 1. The van der Waals surface area contributed by atoms with E-state index in [0.717, 1.165) is 37.0 Å². The van der Waals surface area contributed by atoms with E-state index in [1.165, 1.54) is 19.3 Å². The number of hydrogen-bond acceptors (Lipinski definition) is 2. The van der Waals surface area contributed by atoms with Gasteiger partial charge in [0.1, 0.15) is 5.38 Å². The second-order valence-electron chi connectivity index (χ2n) is 7.16. The van der Waals surface area contributed by atoms with E-state index in [1.807, 2.05) is 4.90 Å². The molecule has 0 aliphatic heterocycles. The van der Waals surface area contributed by atoms with Gasteiger partial charge in [-0.25, -0.2) is 0 Å². The number of carbonyl (C=O) groups is 1. The summed E-state index contributed by atoms with van der Waals surface area (Å²) in [6, 6.07) is 2.19. The van der Waals surface area contributed by atoms with E-state index in [2.05, 4.69) is 6.07 Å². The summed E-state index contributed by atoms with van der Waals surface area (Å²) in [6.45, 7) is 2.31. The Morgan fingerprint density at radius 3 is 2.20 bits per heavy atom. The first kappa shape index (κ1) is 14.2. The van der Waals surface area contributed by atoms with Crippen LogP contribution in [0.1, 0.15) is 51.9 Å².